The van der Waals surface area contributed by atoms with Crippen LogP contribution in [0.3, 0.4) is 0 Å². The average Bonchev–Trinajstić information content (AvgIpc) is 3.22. The number of aromatic amines is 1. The van der Waals surface area contributed by atoms with Gasteiger partial charge < -0.3 is 24.8 Å². The van der Waals surface area contributed by atoms with Crippen LogP contribution in [-0.2, 0) is 4.74 Å². The first-order valence-electron chi connectivity index (χ1n) is 11.8. The molecule has 1 aromatic carbocycles. The molecule has 1 aliphatic heterocycles. The molecular weight excluding hydrogens is 440 g/mol. The number of imidazole rings is 1. The van der Waals surface area contributed by atoms with Gasteiger partial charge in [-0.1, -0.05) is 0 Å². The molecule has 1 aromatic heterocycles. The number of amides is 3. The normalized spacial score (nSPS) is 21.4. The van der Waals surface area contributed by atoms with Gasteiger partial charge in [0.15, 0.2) is 0 Å². The molecule has 2 aromatic rings. The molecule has 2 heterocycles. The highest BCUT2D eigenvalue weighted by Crippen LogP contribution is 2.33. The smallest absolute Gasteiger partial charge is 0.410 e. The van der Waals surface area contributed by atoms with Crippen molar-refractivity contribution in [1.29, 1.82) is 0 Å². The maximum atomic E-state index is 12.7. The third-order valence-corrected chi connectivity index (χ3v) is 6.35. The minimum Gasteiger partial charge on any atom is -0.444 e. The maximum Gasteiger partial charge on any atom is 0.410 e. The van der Waals surface area contributed by atoms with Crippen molar-refractivity contribution >= 4 is 28.8 Å². The zero-order valence-corrected chi connectivity index (χ0v) is 19.9. The number of carbonyl (C=O) groups excluding carboxylic acids is 2. The fourth-order valence-electron chi connectivity index (χ4n) is 4.52. The Hall–Kier alpha value is -3.37. The summed E-state index contributed by atoms with van der Waals surface area (Å²) in [6.45, 7) is 7.38. The van der Waals surface area contributed by atoms with Crippen molar-refractivity contribution in [3.8, 4) is 0 Å². The number of nitrogens with zero attached hydrogens (tertiary/aromatic N) is 4. The zero-order chi connectivity index (χ0) is 24.5. The number of nitrogens with one attached hydrogen (secondary N) is 2. The number of carbonyl (C=O) groups is 2. The maximum absolute atomic E-state index is 12.7. The summed E-state index contributed by atoms with van der Waals surface area (Å²) in [5, 5.41) is 14.1. The highest BCUT2D eigenvalue weighted by Gasteiger charge is 2.30. The van der Waals surface area contributed by atoms with Crippen LogP contribution in [0.2, 0.25) is 0 Å². The highest BCUT2D eigenvalue weighted by atomic mass is 16.6. The minimum atomic E-state index is -0.537. The summed E-state index contributed by atoms with van der Waals surface area (Å²) in [7, 11) is 0. The number of piperazine rings is 1. The topological polar surface area (TPSA) is 134 Å². The second-order valence-electron chi connectivity index (χ2n) is 10.0. The number of aromatic nitrogens is 2. The lowest BCUT2D eigenvalue weighted by atomic mass is 9.85. The Morgan fingerprint density at radius 2 is 1.76 bits per heavy atom. The SMILES string of the molecule is CC(C)(C)OC(=O)N1CCN(C(=O)NC2CCC(c3nc4ccc([N+](=O)[O-])cc4[nH]3)CC2)CC1. The number of non-ortho nitro benzene ring substituents is 1. The molecule has 0 spiro atoms. The first-order chi connectivity index (χ1) is 16.1. The highest BCUT2D eigenvalue weighted by molar-refractivity contribution is 5.78. The van der Waals surface area contributed by atoms with Crippen molar-refractivity contribution in [2.75, 3.05) is 26.2 Å². The molecule has 11 heteroatoms. The van der Waals surface area contributed by atoms with E-state index in [2.05, 4.69) is 15.3 Å². The summed E-state index contributed by atoms with van der Waals surface area (Å²) < 4.78 is 5.41. The van der Waals surface area contributed by atoms with Gasteiger partial charge in [0.05, 0.1) is 16.0 Å². The largest absolute Gasteiger partial charge is 0.444 e. The quantitative estimate of drug-likeness (QED) is 0.516. The van der Waals surface area contributed by atoms with E-state index in [1.54, 1.807) is 15.9 Å². The third-order valence-electron chi connectivity index (χ3n) is 6.35. The van der Waals surface area contributed by atoms with Crippen molar-refractivity contribution in [3.63, 3.8) is 0 Å². The van der Waals surface area contributed by atoms with Crippen molar-refractivity contribution < 1.29 is 19.2 Å². The number of ether oxygens (including phenoxy) is 1. The predicted molar refractivity (Wildman–Crippen MR) is 126 cm³/mol. The summed E-state index contributed by atoms with van der Waals surface area (Å²) in [4.78, 5) is 46.8. The van der Waals surface area contributed by atoms with Gasteiger partial charge in [-0.05, 0) is 52.5 Å². The van der Waals surface area contributed by atoms with Gasteiger partial charge in [-0.15, -0.1) is 0 Å². The summed E-state index contributed by atoms with van der Waals surface area (Å²) in [5.74, 6) is 1.08. The van der Waals surface area contributed by atoms with Gasteiger partial charge in [-0.3, -0.25) is 10.1 Å². The molecule has 11 nitrogen and oxygen atoms in total. The molecule has 1 aliphatic carbocycles. The van der Waals surface area contributed by atoms with E-state index >= 15 is 0 Å². The number of fused-ring (bicyclic) bond motifs is 1. The number of nitro benzene ring substituents is 1. The van der Waals surface area contributed by atoms with Gasteiger partial charge in [0.2, 0.25) is 0 Å². The molecule has 1 saturated heterocycles. The molecule has 2 N–H and O–H groups in total. The first-order valence-corrected chi connectivity index (χ1v) is 11.8. The van der Waals surface area contributed by atoms with E-state index in [-0.39, 0.29) is 29.8 Å². The van der Waals surface area contributed by atoms with E-state index in [1.807, 2.05) is 20.8 Å². The van der Waals surface area contributed by atoms with Crippen LogP contribution in [-0.4, -0.2) is 74.6 Å². The third kappa shape index (κ3) is 5.57. The lowest BCUT2D eigenvalue weighted by Crippen LogP contribution is -2.55. The number of nitro groups is 1. The van der Waals surface area contributed by atoms with Gasteiger partial charge in [0.25, 0.3) is 5.69 Å². The summed E-state index contributed by atoms with van der Waals surface area (Å²) in [5.41, 5.74) is 0.901. The van der Waals surface area contributed by atoms with Crippen LogP contribution >= 0.6 is 0 Å². The number of hydrogen-bond acceptors (Lipinski definition) is 6. The minimum absolute atomic E-state index is 0.0426. The van der Waals surface area contributed by atoms with Crippen LogP contribution in [0.15, 0.2) is 18.2 Å². The van der Waals surface area contributed by atoms with Crippen molar-refractivity contribution in [2.45, 2.75) is 64.0 Å². The Morgan fingerprint density at radius 3 is 2.38 bits per heavy atom. The summed E-state index contributed by atoms with van der Waals surface area (Å²) in [6.07, 6.45) is 3.08. The van der Waals surface area contributed by atoms with E-state index in [9.17, 15) is 19.7 Å². The van der Waals surface area contributed by atoms with Crippen LogP contribution in [0.25, 0.3) is 11.0 Å². The van der Waals surface area contributed by atoms with E-state index in [1.165, 1.54) is 12.1 Å². The van der Waals surface area contributed by atoms with Gasteiger partial charge in [0.1, 0.15) is 11.4 Å². The molecular formula is C23H32N6O5. The van der Waals surface area contributed by atoms with E-state index < -0.39 is 10.5 Å². The Kier molecular flexibility index (Phi) is 6.63. The van der Waals surface area contributed by atoms with E-state index in [0.29, 0.717) is 31.7 Å². The molecule has 184 valence electrons. The second kappa shape index (κ2) is 9.47. The fourth-order valence-corrected chi connectivity index (χ4v) is 4.52. The zero-order valence-electron chi connectivity index (χ0n) is 19.9. The summed E-state index contributed by atoms with van der Waals surface area (Å²) in [6, 6.07) is 4.65. The Morgan fingerprint density at radius 1 is 1.12 bits per heavy atom. The second-order valence-corrected chi connectivity index (χ2v) is 10.0. The van der Waals surface area contributed by atoms with Crippen molar-refractivity contribution in [1.82, 2.24) is 25.1 Å². The van der Waals surface area contributed by atoms with Crippen LogP contribution in [0.4, 0.5) is 15.3 Å². The first kappa shape index (κ1) is 23.8. The monoisotopic (exact) mass is 472 g/mol. The molecule has 2 aliphatic rings. The Balaban J connectivity index is 1.24. The fraction of sp³-hybridized carbons (Fsp3) is 0.609. The summed E-state index contributed by atoms with van der Waals surface area (Å²) >= 11 is 0. The van der Waals surface area contributed by atoms with Gasteiger partial charge in [-0.2, -0.15) is 0 Å². The van der Waals surface area contributed by atoms with Gasteiger partial charge in [0, 0.05) is 50.3 Å². The van der Waals surface area contributed by atoms with Crippen LogP contribution < -0.4 is 5.32 Å². The molecule has 3 amide bonds. The van der Waals surface area contributed by atoms with Crippen LogP contribution in [0.1, 0.15) is 58.2 Å². The molecule has 34 heavy (non-hydrogen) atoms. The van der Waals surface area contributed by atoms with E-state index in [0.717, 1.165) is 37.0 Å². The van der Waals surface area contributed by atoms with Gasteiger partial charge >= 0.3 is 12.1 Å². The molecule has 0 radical (unpaired) electrons. The molecule has 4 rings (SSSR count). The molecule has 0 atom stereocenters. The van der Waals surface area contributed by atoms with Gasteiger partial charge in [-0.25, -0.2) is 14.6 Å². The molecule has 1 saturated carbocycles. The molecule has 0 unspecified atom stereocenters. The van der Waals surface area contributed by atoms with Crippen molar-refractivity contribution in [2.24, 2.45) is 0 Å². The number of urea groups is 1. The lowest BCUT2D eigenvalue weighted by Gasteiger charge is -2.37. The Labute approximate surface area is 198 Å². The Bertz CT molecular complexity index is 1060. The van der Waals surface area contributed by atoms with Crippen LogP contribution in [0, 0.1) is 10.1 Å². The predicted octanol–water partition coefficient (Wildman–Crippen LogP) is 3.76. The average molecular weight is 473 g/mol. The molecule has 0 bridgehead atoms. The number of H-pyrrole nitrogens is 1. The van der Waals surface area contributed by atoms with E-state index in [4.69, 9.17) is 4.74 Å². The van der Waals surface area contributed by atoms with Crippen LogP contribution in [0.5, 0.6) is 0 Å². The number of benzene rings is 1. The number of hydrogen-bond donors (Lipinski definition) is 2. The van der Waals surface area contributed by atoms with Crippen molar-refractivity contribution in [3.05, 3.63) is 34.1 Å². The standard InChI is InChI=1S/C23H32N6O5/c1-23(2,3)34-22(31)28-12-10-27(11-13-28)21(30)24-16-6-4-15(5-7-16)20-25-18-9-8-17(29(32)33)14-19(18)26-20/h8-9,14-16H,4-7,10-13H2,1-3H3,(H,24,30)(H,25,26). The molecule has 2 fully saturated rings. The number of rotatable bonds is 3. The lowest BCUT2D eigenvalue weighted by molar-refractivity contribution is -0.384.